The van der Waals surface area contributed by atoms with Crippen LogP contribution in [0.2, 0.25) is 0 Å². The Kier molecular flexibility index (Phi) is 5.28. The Labute approximate surface area is 125 Å². The highest BCUT2D eigenvalue weighted by molar-refractivity contribution is 5.34. The number of anilines is 1. The van der Waals surface area contributed by atoms with E-state index in [1.807, 2.05) is 25.1 Å². The number of halogens is 1. The van der Waals surface area contributed by atoms with Crippen molar-refractivity contribution in [2.45, 2.75) is 32.7 Å². The van der Waals surface area contributed by atoms with Crippen molar-refractivity contribution in [1.82, 2.24) is 10.3 Å². The summed E-state index contributed by atoms with van der Waals surface area (Å²) in [6.07, 6.45) is 3.38. The van der Waals surface area contributed by atoms with E-state index < -0.39 is 0 Å². The summed E-state index contributed by atoms with van der Waals surface area (Å²) in [5, 5.41) is 3.42. The van der Waals surface area contributed by atoms with Crippen molar-refractivity contribution < 1.29 is 4.39 Å². The first kappa shape index (κ1) is 15.4. The lowest BCUT2D eigenvalue weighted by Gasteiger charge is -2.20. The fraction of sp³-hybridized carbons (Fsp3) is 0.353. The Morgan fingerprint density at radius 1 is 1.29 bits per heavy atom. The fourth-order valence-corrected chi connectivity index (χ4v) is 2.40. The maximum absolute atomic E-state index is 14.2. The molecule has 21 heavy (non-hydrogen) atoms. The van der Waals surface area contributed by atoms with Gasteiger partial charge in [0.25, 0.3) is 0 Å². The highest BCUT2D eigenvalue weighted by Crippen LogP contribution is 2.23. The van der Waals surface area contributed by atoms with Gasteiger partial charge in [-0.2, -0.15) is 0 Å². The molecule has 2 aromatic rings. The van der Waals surface area contributed by atoms with Crippen LogP contribution in [0, 0.1) is 12.7 Å². The van der Waals surface area contributed by atoms with Gasteiger partial charge in [0.2, 0.25) is 0 Å². The van der Waals surface area contributed by atoms with Gasteiger partial charge in [0.05, 0.1) is 0 Å². The summed E-state index contributed by atoms with van der Waals surface area (Å²) < 4.78 is 14.2. The molecule has 3 nitrogen and oxygen atoms in total. The first-order valence-electron chi connectivity index (χ1n) is 7.30. The molecule has 2 rings (SSSR count). The number of nitrogen functional groups attached to an aromatic ring is 1. The molecule has 0 aliphatic carbocycles. The van der Waals surface area contributed by atoms with Gasteiger partial charge in [-0.05, 0) is 50.1 Å². The van der Waals surface area contributed by atoms with E-state index in [4.69, 9.17) is 5.73 Å². The van der Waals surface area contributed by atoms with E-state index in [0.717, 1.165) is 24.1 Å². The van der Waals surface area contributed by atoms with Gasteiger partial charge in [0.15, 0.2) is 0 Å². The Balaban J connectivity index is 2.27. The molecule has 1 aromatic carbocycles. The molecular formula is C17H22FN3. The zero-order valence-electron chi connectivity index (χ0n) is 12.6. The van der Waals surface area contributed by atoms with Crippen LogP contribution in [0.3, 0.4) is 0 Å². The second-order valence-corrected chi connectivity index (χ2v) is 5.32. The second-order valence-electron chi connectivity index (χ2n) is 5.32. The normalized spacial score (nSPS) is 12.3. The number of hydrogen-bond acceptors (Lipinski definition) is 3. The van der Waals surface area contributed by atoms with Gasteiger partial charge in [-0.3, -0.25) is 0 Å². The van der Waals surface area contributed by atoms with E-state index in [9.17, 15) is 4.39 Å². The number of benzene rings is 1. The molecule has 1 atom stereocenters. The summed E-state index contributed by atoms with van der Waals surface area (Å²) in [5.41, 5.74) is 8.54. The molecule has 0 saturated heterocycles. The highest BCUT2D eigenvalue weighted by Gasteiger charge is 2.16. The molecule has 4 heteroatoms. The van der Waals surface area contributed by atoms with Gasteiger partial charge in [0.1, 0.15) is 11.6 Å². The van der Waals surface area contributed by atoms with Gasteiger partial charge in [0, 0.05) is 17.8 Å². The lowest BCUT2D eigenvalue weighted by molar-refractivity contribution is 0.496. The number of pyridine rings is 1. The fourth-order valence-electron chi connectivity index (χ4n) is 2.40. The van der Waals surface area contributed by atoms with Crippen LogP contribution in [0.15, 0.2) is 36.5 Å². The molecule has 0 spiro atoms. The molecule has 1 heterocycles. The van der Waals surface area contributed by atoms with E-state index >= 15 is 0 Å². The third-order valence-electron chi connectivity index (χ3n) is 3.45. The summed E-state index contributed by atoms with van der Waals surface area (Å²) in [6, 6.07) is 8.94. The summed E-state index contributed by atoms with van der Waals surface area (Å²) in [7, 11) is 0. The van der Waals surface area contributed by atoms with Crippen LogP contribution in [0.25, 0.3) is 0 Å². The number of nitrogens with zero attached hydrogens (tertiary/aromatic N) is 1. The van der Waals surface area contributed by atoms with Crippen molar-refractivity contribution in [3.8, 4) is 0 Å². The van der Waals surface area contributed by atoms with Gasteiger partial charge in [-0.25, -0.2) is 9.37 Å². The quantitative estimate of drug-likeness (QED) is 0.856. The molecule has 0 radical (unpaired) electrons. The SMILES string of the molecule is CCCNC(Cc1ccnc(N)c1)c1cc(C)ccc1F. The van der Waals surface area contributed by atoms with E-state index in [0.29, 0.717) is 17.8 Å². The standard InChI is InChI=1S/C17H22FN3/c1-3-7-20-16(10-13-6-8-21-17(19)11-13)14-9-12(2)4-5-15(14)18/h4-6,8-9,11,16,20H,3,7,10H2,1-2H3,(H2,19,21). The zero-order chi connectivity index (χ0) is 15.2. The van der Waals surface area contributed by atoms with Gasteiger partial charge in [-0.1, -0.05) is 24.6 Å². The van der Waals surface area contributed by atoms with E-state index in [1.165, 1.54) is 6.07 Å². The average Bonchev–Trinajstić information content (AvgIpc) is 2.46. The lowest BCUT2D eigenvalue weighted by Crippen LogP contribution is -2.25. The smallest absolute Gasteiger partial charge is 0.128 e. The van der Waals surface area contributed by atoms with Gasteiger partial charge in [-0.15, -0.1) is 0 Å². The first-order chi connectivity index (χ1) is 10.1. The topological polar surface area (TPSA) is 50.9 Å². The van der Waals surface area contributed by atoms with Crippen molar-refractivity contribution in [2.75, 3.05) is 12.3 Å². The Hall–Kier alpha value is -1.94. The number of aryl methyl sites for hydroxylation is 1. The van der Waals surface area contributed by atoms with Crippen molar-refractivity contribution in [3.05, 3.63) is 59.0 Å². The van der Waals surface area contributed by atoms with Gasteiger partial charge >= 0.3 is 0 Å². The van der Waals surface area contributed by atoms with Crippen LogP contribution in [-0.4, -0.2) is 11.5 Å². The van der Waals surface area contributed by atoms with Crippen LogP contribution < -0.4 is 11.1 Å². The Bertz CT molecular complexity index is 598. The minimum absolute atomic E-state index is 0.0633. The highest BCUT2D eigenvalue weighted by atomic mass is 19.1. The van der Waals surface area contributed by atoms with E-state index in [2.05, 4.69) is 17.2 Å². The average molecular weight is 287 g/mol. The Morgan fingerprint density at radius 2 is 2.10 bits per heavy atom. The van der Waals surface area contributed by atoms with Crippen LogP contribution in [0.1, 0.15) is 36.1 Å². The van der Waals surface area contributed by atoms with Crippen LogP contribution in [0.4, 0.5) is 10.2 Å². The first-order valence-corrected chi connectivity index (χ1v) is 7.30. The largest absolute Gasteiger partial charge is 0.384 e. The summed E-state index contributed by atoms with van der Waals surface area (Å²) in [4.78, 5) is 4.00. The molecule has 0 fully saturated rings. The molecule has 1 unspecified atom stereocenters. The molecule has 0 amide bonds. The van der Waals surface area contributed by atoms with Crippen molar-refractivity contribution >= 4 is 5.82 Å². The number of aromatic nitrogens is 1. The maximum Gasteiger partial charge on any atom is 0.128 e. The van der Waals surface area contributed by atoms with Crippen LogP contribution in [0.5, 0.6) is 0 Å². The number of nitrogens with two attached hydrogens (primary N) is 1. The van der Waals surface area contributed by atoms with E-state index in [1.54, 1.807) is 12.3 Å². The molecule has 0 saturated carbocycles. The molecule has 112 valence electrons. The summed E-state index contributed by atoms with van der Waals surface area (Å²) in [6.45, 7) is 4.92. The van der Waals surface area contributed by atoms with Crippen LogP contribution in [-0.2, 0) is 6.42 Å². The third kappa shape index (κ3) is 4.26. The van der Waals surface area contributed by atoms with Crippen molar-refractivity contribution in [2.24, 2.45) is 0 Å². The molecule has 1 aromatic heterocycles. The third-order valence-corrected chi connectivity index (χ3v) is 3.45. The van der Waals surface area contributed by atoms with Crippen molar-refractivity contribution in [1.29, 1.82) is 0 Å². The van der Waals surface area contributed by atoms with E-state index in [-0.39, 0.29) is 11.9 Å². The molecule has 3 N–H and O–H groups in total. The number of nitrogens with one attached hydrogen (secondary N) is 1. The molecule has 0 bridgehead atoms. The predicted molar refractivity (Wildman–Crippen MR) is 84.5 cm³/mol. The molecular weight excluding hydrogens is 265 g/mol. The maximum atomic E-state index is 14.2. The van der Waals surface area contributed by atoms with Crippen molar-refractivity contribution in [3.63, 3.8) is 0 Å². The lowest BCUT2D eigenvalue weighted by atomic mass is 9.97. The number of rotatable bonds is 6. The Morgan fingerprint density at radius 3 is 2.81 bits per heavy atom. The second kappa shape index (κ2) is 7.18. The monoisotopic (exact) mass is 287 g/mol. The molecule has 0 aliphatic heterocycles. The molecule has 0 aliphatic rings. The minimum Gasteiger partial charge on any atom is -0.384 e. The summed E-state index contributed by atoms with van der Waals surface area (Å²) in [5.74, 6) is 0.322. The predicted octanol–water partition coefficient (Wildman–Crippen LogP) is 3.39. The van der Waals surface area contributed by atoms with Gasteiger partial charge < -0.3 is 11.1 Å². The van der Waals surface area contributed by atoms with Crippen LogP contribution >= 0.6 is 0 Å². The number of hydrogen-bond donors (Lipinski definition) is 2. The minimum atomic E-state index is -0.170. The zero-order valence-corrected chi connectivity index (χ0v) is 12.6. The summed E-state index contributed by atoms with van der Waals surface area (Å²) >= 11 is 0.